The Morgan fingerprint density at radius 1 is 1.39 bits per heavy atom. The molecule has 0 spiro atoms. The average Bonchev–Trinajstić information content (AvgIpc) is 2.67. The first-order valence-electron chi connectivity index (χ1n) is 5.80. The maximum absolute atomic E-state index is 11.7. The summed E-state index contributed by atoms with van der Waals surface area (Å²) >= 11 is 0. The Balaban J connectivity index is 2.10. The van der Waals surface area contributed by atoms with Gasteiger partial charge in [-0.2, -0.15) is 0 Å². The predicted molar refractivity (Wildman–Crippen MR) is 71.8 cm³/mol. The number of fused-ring (bicyclic) bond motifs is 1. The molecular formula is C13H17N3O2. The molecule has 0 aliphatic carbocycles. The largest absolute Gasteiger partial charge is 0.383 e. The van der Waals surface area contributed by atoms with E-state index in [-0.39, 0.29) is 6.03 Å². The minimum atomic E-state index is -0.219. The van der Waals surface area contributed by atoms with Gasteiger partial charge in [-0.25, -0.2) is 4.79 Å². The van der Waals surface area contributed by atoms with Crippen LogP contribution in [0.25, 0.3) is 10.9 Å². The Morgan fingerprint density at radius 2 is 2.17 bits per heavy atom. The first-order chi connectivity index (χ1) is 8.72. The molecule has 5 heteroatoms. The highest BCUT2D eigenvalue weighted by molar-refractivity contribution is 6.01. The van der Waals surface area contributed by atoms with Gasteiger partial charge in [0.2, 0.25) is 0 Å². The van der Waals surface area contributed by atoms with Crippen LogP contribution in [-0.4, -0.2) is 30.9 Å². The summed E-state index contributed by atoms with van der Waals surface area (Å²) in [6, 6.07) is 7.72. The Labute approximate surface area is 106 Å². The zero-order chi connectivity index (χ0) is 13.0. The third-order valence-electron chi connectivity index (χ3n) is 2.74. The number of benzene rings is 1. The van der Waals surface area contributed by atoms with Crippen molar-refractivity contribution in [2.24, 2.45) is 7.05 Å². The molecule has 1 heterocycles. The zero-order valence-electron chi connectivity index (χ0n) is 10.6. The molecule has 2 aromatic rings. The molecule has 1 aromatic heterocycles. The molecule has 0 aliphatic rings. The lowest BCUT2D eigenvalue weighted by Gasteiger charge is -2.05. The molecule has 18 heavy (non-hydrogen) atoms. The lowest BCUT2D eigenvalue weighted by atomic mass is 10.2. The summed E-state index contributed by atoms with van der Waals surface area (Å²) < 4.78 is 6.86. The van der Waals surface area contributed by atoms with Crippen molar-refractivity contribution >= 4 is 22.6 Å². The van der Waals surface area contributed by atoms with E-state index in [0.717, 1.165) is 16.6 Å². The second-order valence-electron chi connectivity index (χ2n) is 4.04. The lowest BCUT2D eigenvalue weighted by molar-refractivity contribution is 0.198. The number of urea groups is 1. The molecule has 0 saturated heterocycles. The number of nitrogens with one attached hydrogen (secondary N) is 2. The summed E-state index contributed by atoms with van der Waals surface area (Å²) in [7, 11) is 3.56. The van der Waals surface area contributed by atoms with Gasteiger partial charge in [0.15, 0.2) is 0 Å². The van der Waals surface area contributed by atoms with Crippen molar-refractivity contribution < 1.29 is 9.53 Å². The number of nitrogens with zero attached hydrogens (tertiary/aromatic N) is 1. The predicted octanol–water partition coefficient (Wildman–Crippen LogP) is 1.95. The van der Waals surface area contributed by atoms with E-state index < -0.39 is 0 Å². The van der Waals surface area contributed by atoms with Crippen LogP contribution < -0.4 is 10.6 Å². The van der Waals surface area contributed by atoms with Crippen molar-refractivity contribution in [2.75, 3.05) is 25.6 Å². The van der Waals surface area contributed by atoms with E-state index in [1.54, 1.807) is 7.11 Å². The molecule has 0 bridgehead atoms. The number of aryl methyl sites for hydroxylation is 1. The fourth-order valence-electron chi connectivity index (χ4n) is 1.87. The highest BCUT2D eigenvalue weighted by atomic mass is 16.5. The molecule has 96 valence electrons. The van der Waals surface area contributed by atoms with Crippen LogP contribution in [0.4, 0.5) is 10.5 Å². The third kappa shape index (κ3) is 2.62. The first-order valence-corrected chi connectivity index (χ1v) is 5.80. The molecule has 0 aliphatic heterocycles. The van der Waals surface area contributed by atoms with Crippen LogP contribution in [0.3, 0.4) is 0 Å². The average molecular weight is 247 g/mol. The molecule has 2 N–H and O–H groups in total. The quantitative estimate of drug-likeness (QED) is 0.811. The summed E-state index contributed by atoms with van der Waals surface area (Å²) in [5.74, 6) is 0. The fourth-order valence-corrected chi connectivity index (χ4v) is 1.87. The minimum absolute atomic E-state index is 0.219. The van der Waals surface area contributed by atoms with Crippen LogP contribution in [0, 0.1) is 0 Å². The van der Waals surface area contributed by atoms with Gasteiger partial charge >= 0.3 is 6.03 Å². The van der Waals surface area contributed by atoms with Crippen LogP contribution >= 0.6 is 0 Å². The maximum Gasteiger partial charge on any atom is 0.319 e. The number of anilines is 1. The van der Waals surface area contributed by atoms with Crippen molar-refractivity contribution in [3.8, 4) is 0 Å². The third-order valence-corrected chi connectivity index (χ3v) is 2.74. The smallest absolute Gasteiger partial charge is 0.319 e. The van der Waals surface area contributed by atoms with E-state index in [0.29, 0.717) is 13.2 Å². The number of rotatable bonds is 4. The summed E-state index contributed by atoms with van der Waals surface area (Å²) in [6.45, 7) is 0.996. The Bertz CT molecular complexity index is 548. The van der Waals surface area contributed by atoms with Gasteiger partial charge < -0.3 is 19.9 Å². The van der Waals surface area contributed by atoms with Crippen LogP contribution in [-0.2, 0) is 11.8 Å². The van der Waals surface area contributed by atoms with E-state index in [1.165, 1.54) is 0 Å². The fraction of sp³-hybridized carbons (Fsp3) is 0.308. The number of hydrogen-bond acceptors (Lipinski definition) is 2. The summed E-state index contributed by atoms with van der Waals surface area (Å²) in [5, 5.41) is 6.59. The molecule has 2 rings (SSSR count). The molecule has 0 radical (unpaired) electrons. The number of aromatic nitrogens is 1. The van der Waals surface area contributed by atoms with Crippen molar-refractivity contribution in [3.63, 3.8) is 0 Å². The Kier molecular flexibility index (Phi) is 3.84. The molecule has 0 saturated carbocycles. The standard InChI is InChI=1S/C13H17N3O2/c1-16-9-11(10-5-3-4-6-12(10)16)15-13(17)14-7-8-18-2/h3-6,9H,7-8H2,1-2H3,(H2,14,15,17). The number of methoxy groups -OCH3 is 1. The van der Waals surface area contributed by atoms with E-state index in [2.05, 4.69) is 10.6 Å². The molecular weight excluding hydrogens is 230 g/mol. The van der Waals surface area contributed by atoms with Gasteiger partial charge in [0.1, 0.15) is 0 Å². The van der Waals surface area contributed by atoms with E-state index in [4.69, 9.17) is 4.74 Å². The van der Waals surface area contributed by atoms with Gasteiger partial charge in [-0.15, -0.1) is 0 Å². The minimum Gasteiger partial charge on any atom is -0.383 e. The molecule has 0 fully saturated rings. The van der Waals surface area contributed by atoms with Gasteiger partial charge in [0.05, 0.1) is 12.3 Å². The monoisotopic (exact) mass is 247 g/mol. The topological polar surface area (TPSA) is 55.3 Å². The van der Waals surface area contributed by atoms with Crippen molar-refractivity contribution in [3.05, 3.63) is 30.5 Å². The highest BCUT2D eigenvalue weighted by Crippen LogP contribution is 2.24. The van der Waals surface area contributed by atoms with Crippen LogP contribution in [0.15, 0.2) is 30.5 Å². The van der Waals surface area contributed by atoms with E-state index >= 15 is 0 Å². The number of amides is 2. The van der Waals surface area contributed by atoms with Gasteiger partial charge in [-0.1, -0.05) is 18.2 Å². The second kappa shape index (κ2) is 5.55. The van der Waals surface area contributed by atoms with E-state index in [1.807, 2.05) is 42.1 Å². The number of carbonyl (C=O) groups is 1. The molecule has 0 atom stereocenters. The number of hydrogen-bond donors (Lipinski definition) is 2. The van der Waals surface area contributed by atoms with Crippen LogP contribution in [0.1, 0.15) is 0 Å². The number of para-hydroxylation sites is 1. The molecule has 1 aromatic carbocycles. The van der Waals surface area contributed by atoms with Crippen molar-refractivity contribution in [2.45, 2.75) is 0 Å². The van der Waals surface area contributed by atoms with Gasteiger partial charge in [0.25, 0.3) is 0 Å². The number of ether oxygens (including phenoxy) is 1. The number of carbonyl (C=O) groups excluding carboxylic acids is 1. The summed E-state index contributed by atoms with van der Waals surface area (Å²) in [6.07, 6.45) is 1.90. The molecule has 2 amide bonds. The van der Waals surface area contributed by atoms with E-state index in [9.17, 15) is 4.79 Å². The zero-order valence-corrected chi connectivity index (χ0v) is 10.6. The summed E-state index contributed by atoms with van der Waals surface area (Å²) in [5.41, 5.74) is 1.90. The van der Waals surface area contributed by atoms with Gasteiger partial charge in [0, 0.05) is 37.8 Å². The van der Waals surface area contributed by atoms with Gasteiger partial charge in [-0.05, 0) is 6.07 Å². The molecule has 0 unspecified atom stereocenters. The summed E-state index contributed by atoms with van der Waals surface area (Å²) in [4.78, 5) is 11.7. The first kappa shape index (κ1) is 12.4. The highest BCUT2D eigenvalue weighted by Gasteiger charge is 2.08. The van der Waals surface area contributed by atoms with Crippen molar-refractivity contribution in [1.29, 1.82) is 0 Å². The maximum atomic E-state index is 11.7. The Morgan fingerprint density at radius 3 is 2.94 bits per heavy atom. The Hall–Kier alpha value is -2.01. The van der Waals surface area contributed by atoms with Crippen LogP contribution in [0.2, 0.25) is 0 Å². The van der Waals surface area contributed by atoms with Gasteiger partial charge in [-0.3, -0.25) is 0 Å². The van der Waals surface area contributed by atoms with Crippen LogP contribution in [0.5, 0.6) is 0 Å². The lowest BCUT2D eigenvalue weighted by Crippen LogP contribution is -2.31. The van der Waals surface area contributed by atoms with Crippen molar-refractivity contribution in [1.82, 2.24) is 9.88 Å². The normalized spacial score (nSPS) is 10.6. The second-order valence-corrected chi connectivity index (χ2v) is 4.04. The SMILES string of the molecule is COCCNC(=O)Nc1cn(C)c2ccccc12. The molecule has 5 nitrogen and oxygen atoms in total.